The normalized spacial score (nSPS) is 11.1. The lowest BCUT2D eigenvalue weighted by molar-refractivity contribution is -0.112. The van der Waals surface area contributed by atoms with Crippen molar-refractivity contribution < 1.29 is 9.53 Å². The highest BCUT2D eigenvalue weighted by molar-refractivity contribution is 6.03. The van der Waals surface area contributed by atoms with Gasteiger partial charge in [0.05, 0.1) is 12.8 Å². The molecule has 0 aliphatic carbocycles. The fourth-order valence-corrected chi connectivity index (χ4v) is 1.42. The summed E-state index contributed by atoms with van der Waals surface area (Å²) in [6.07, 6.45) is 2.72. The number of carbonyl (C=O) groups is 1. The van der Waals surface area contributed by atoms with Crippen LogP contribution in [0.1, 0.15) is 20.3 Å². The van der Waals surface area contributed by atoms with Crippen LogP contribution in [0.15, 0.2) is 29.8 Å². The van der Waals surface area contributed by atoms with Gasteiger partial charge in [-0.05, 0) is 25.5 Å². The number of hydrogen-bond donors (Lipinski definition) is 2. The number of nitrogens with one attached hydrogen (secondary N) is 1. The largest absolute Gasteiger partial charge is 0.495 e. The van der Waals surface area contributed by atoms with Gasteiger partial charge < -0.3 is 15.8 Å². The number of allylic oxidation sites excluding steroid dienone is 1. The summed E-state index contributed by atoms with van der Waals surface area (Å²) in [5.41, 5.74) is 7.61. The number of amides is 1. The second kappa shape index (κ2) is 5.94. The highest BCUT2D eigenvalue weighted by atomic mass is 16.5. The minimum absolute atomic E-state index is 0.112. The van der Waals surface area contributed by atoms with Gasteiger partial charge >= 0.3 is 0 Å². The maximum atomic E-state index is 11.7. The standard InChI is InChI=1S/C13H18N2O2/c1-4-5-9(2)13(16)15-10-6-7-11(14)12(8-10)17-3/h5-8H,4,14H2,1-3H3,(H,15,16). The highest BCUT2D eigenvalue weighted by Crippen LogP contribution is 2.25. The quantitative estimate of drug-likeness (QED) is 0.621. The van der Waals surface area contributed by atoms with Gasteiger partial charge in [-0.3, -0.25) is 4.79 Å². The molecule has 92 valence electrons. The van der Waals surface area contributed by atoms with Crippen molar-refractivity contribution in [3.63, 3.8) is 0 Å². The first-order chi connectivity index (χ1) is 8.08. The monoisotopic (exact) mass is 234 g/mol. The van der Waals surface area contributed by atoms with E-state index in [2.05, 4.69) is 5.32 Å². The fourth-order valence-electron chi connectivity index (χ4n) is 1.42. The zero-order valence-electron chi connectivity index (χ0n) is 10.4. The van der Waals surface area contributed by atoms with Crippen molar-refractivity contribution in [2.45, 2.75) is 20.3 Å². The summed E-state index contributed by atoms with van der Waals surface area (Å²) in [5, 5.41) is 2.79. The molecule has 0 aromatic heterocycles. The summed E-state index contributed by atoms with van der Waals surface area (Å²) in [5.74, 6) is 0.443. The molecule has 1 rings (SSSR count). The first-order valence-electron chi connectivity index (χ1n) is 5.50. The SMILES string of the molecule is CCC=C(C)C(=O)Nc1ccc(N)c(OC)c1. The summed E-state index contributed by atoms with van der Waals surface area (Å²) >= 11 is 0. The molecule has 0 spiro atoms. The third-order valence-electron chi connectivity index (χ3n) is 2.36. The second-order valence-electron chi connectivity index (χ2n) is 3.71. The first-order valence-corrected chi connectivity index (χ1v) is 5.50. The van der Waals surface area contributed by atoms with Crippen LogP contribution in [0.25, 0.3) is 0 Å². The van der Waals surface area contributed by atoms with Crippen molar-refractivity contribution in [2.75, 3.05) is 18.2 Å². The number of nitrogen functional groups attached to an aromatic ring is 1. The van der Waals surface area contributed by atoms with Crippen LogP contribution >= 0.6 is 0 Å². The van der Waals surface area contributed by atoms with Gasteiger partial charge in [0, 0.05) is 17.3 Å². The molecule has 0 heterocycles. The van der Waals surface area contributed by atoms with Gasteiger partial charge in [0.2, 0.25) is 0 Å². The summed E-state index contributed by atoms with van der Waals surface area (Å²) < 4.78 is 5.08. The van der Waals surface area contributed by atoms with Crippen LogP contribution in [-0.2, 0) is 4.79 Å². The minimum Gasteiger partial charge on any atom is -0.495 e. The van der Waals surface area contributed by atoms with Crippen LogP contribution in [0.2, 0.25) is 0 Å². The number of anilines is 2. The number of hydrogen-bond acceptors (Lipinski definition) is 3. The summed E-state index contributed by atoms with van der Waals surface area (Å²) in [4.78, 5) is 11.7. The lowest BCUT2D eigenvalue weighted by Crippen LogP contribution is -2.12. The zero-order chi connectivity index (χ0) is 12.8. The third-order valence-corrected chi connectivity index (χ3v) is 2.36. The van der Waals surface area contributed by atoms with E-state index in [0.29, 0.717) is 22.7 Å². The molecule has 0 bridgehead atoms. The van der Waals surface area contributed by atoms with Gasteiger partial charge in [-0.2, -0.15) is 0 Å². The smallest absolute Gasteiger partial charge is 0.250 e. The Morgan fingerprint density at radius 1 is 1.53 bits per heavy atom. The van der Waals surface area contributed by atoms with Gasteiger partial charge in [0.15, 0.2) is 0 Å². The lowest BCUT2D eigenvalue weighted by Gasteiger charge is -2.09. The Labute approximate surface area is 101 Å². The molecule has 4 heteroatoms. The minimum atomic E-state index is -0.112. The maximum absolute atomic E-state index is 11.7. The molecule has 1 aromatic carbocycles. The van der Waals surface area contributed by atoms with E-state index in [9.17, 15) is 4.79 Å². The molecule has 0 fully saturated rings. The number of ether oxygens (including phenoxy) is 1. The lowest BCUT2D eigenvalue weighted by atomic mass is 10.2. The van der Waals surface area contributed by atoms with E-state index in [4.69, 9.17) is 10.5 Å². The maximum Gasteiger partial charge on any atom is 0.250 e. The van der Waals surface area contributed by atoms with Crippen molar-refractivity contribution in [1.29, 1.82) is 0 Å². The van der Waals surface area contributed by atoms with Crippen LogP contribution in [0.3, 0.4) is 0 Å². The van der Waals surface area contributed by atoms with Crippen molar-refractivity contribution in [1.82, 2.24) is 0 Å². The van der Waals surface area contributed by atoms with Crippen molar-refractivity contribution >= 4 is 17.3 Å². The summed E-state index contributed by atoms with van der Waals surface area (Å²) in [6, 6.07) is 5.15. The van der Waals surface area contributed by atoms with Gasteiger partial charge in [0.25, 0.3) is 5.91 Å². The zero-order valence-corrected chi connectivity index (χ0v) is 10.4. The summed E-state index contributed by atoms with van der Waals surface area (Å²) in [7, 11) is 1.54. The Hall–Kier alpha value is -1.97. The van der Waals surface area contributed by atoms with Crippen molar-refractivity contribution in [3.05, 3.63) is 29.8 Å². The molecular formula is C13H18N2O2. The number of methoxy groups -OCH3 is 1. The molecule has 0 atom stereocenters. The van der Waals surface area contributed by atoms with E-state index in [-0.39, 0.29) is 5.91 Å². The Bertz CT molecular complexity index is 439. The third kappa shape index (κ3) is 3.52. The van der Waals surface area contributed by atoms with Crippen molar-refractivity contribution in [3.8, 4) is 5.75 Å². The first kappa shape index (κ1) is 13.1. The Balaban J connectivity index is 2.82. The van der Waals surface area contributed by atoms with E-state index >= 15 is 0 Å². The molecule has 0 unspecified atom stereocenters. The molecule has 3 N–H and O–H groups in total. The predicted molar refractivity (Wildman–Crippen MR) is 70.1 cm³/mol. The molecule has 1 amide bonds. The van der Waals surface area contributed by atoms with Gasteiger partial charge in [0.1, 0.15) is 5.75 Å². The van der Waals surface area contributed by atoms with E-state index < -0.39 is 0 Å². The number of carbonyl (C=O) groups excluding carboxylic acids is 1. The molecule has 0 aliphatic rings. The molecule has 0 saturated carbocycles. The van der Waals surface area contributed by atoms with Gasteiger partial charge in [-0.1, -0.05) is 13.0 Å². The van der Waals surface area contributed by atoms with Crippen LogP contribution in [0, 0.1) is 0 Å². The van der Waals surface area contributed by atoms with E-state index in [1.807, 2.05) is 13.0 Å². The van der Waals surface area contributed by atoms with Crippen molar-refractivity contribution in [2.24, 2.45) is 0 Å². The molecule has 0 radical (unpaired) electrons. The number of rotatable bonds is 4. The Morgan fingerprint density at radius 3 is 2.82 bits per heavy atom. The second-order valence-corrected chi connectivity index (χ2v) is 3.71. The summed E-state index contributed by atoms with van der Waals surface area (Å²) in [6.45, 7) is 3.77. The Morgan fingerprint density at radius 2 is 2.24 bits per heavy atom. The van der Waals surface area contributed by atoms with E-state index in [1.54, 1.807) is 32.2 Å². The van der Waals surface area contributed by atoms with E-state index in [0.717, 1.165) is 6.42 Å². The predicted octanol–water partition coefficient (Wildman–Crippen LogP) is 2.57. The highest BCUT2D eigenvalue weighted by Gasteiger charge is 2.06. The van der Waals surface area contributed by atoms with Crippen LogP contribution in [-0.4, -0.2) is 13.0 Å². The molecule has 0 aliphatic heterocycles. The molecule has 0 saturated heterocycles. The van der Waals surface area contributed by atoms with Crippen LogP contribution < -0.4 is 15.8 Å². The van der Waals surface area contributed by atoms with Gasteiger partial charge in [-0.25, -0.2) is 0 Å². The average molecular weight is 234 g/mol. The van der Waals surface area contributed by atoms with Crippen LogP contribution in [0.5, 0.6) is 5.75 Å². The Kier molecular flexibility index (Phi) is 4.57. The fraction of sp³-hybridized carbons (Fsp3) is 0.308. The van der Waals surface area contributed by atoms with Gasteiger partial charge in [-0.15, -0.1) is 0 Å². The van der Waals surface area contributed by atoms with Crippen LogP contribution in [0.4, 0.5) is 11.4 Å². The average Bonchev–Trinajstić information content (AvgIpc) is 2.31. The molecular weight excluding hydrogens is 216 g/mol. The van der Waals surface area contributed by atoms with E-state index in [1.165, 1.54) is 0 Å². The molecule has 17 heavy (non-hydrogen) atoms. The molecule has 4 nitrogen and oxygen atoms in total. The number of benzene rings is 1. The molecule has 1 aromatic rings. The number of nitrogens with two attached hydrogens (primary N) is 1. The topological polar surface area (TPSA) is 64.4 Å².